The summed E-state index contributed by atoms with van der Waals surface area (Å²) in [4.78, 5) is 11.9. The summed E-state index contributed by atoms with van der Waals surface area (Å²) in [5, 5.41) is 1.68. The molecule has 0 amide bonds. The van der Waals surface area contributed by atoms with Gasteiger partial charge < -0.3 is 4.74 Å². The number of hydrogen-bond donors (Lipinski definition) is 0. The van der Waals surface area contributed by atoms with E-state index in [-0.39, 0.29) is 0 Å². The van der Waals surface area contributed by atoms with E-state index >= 15 is 0 Å². The minimum Gasteiger partial charge on any atom is -0.370 e. The third-order valence-electron chi connectivity index (χ3n) is 4.71. The molecule has 0 atom stereocenters. The molecule has 0 aromatic carbocycles. The largest absolute Gasteiger partial charge is 0.370 e. The lowest BCUT2D eigenvalue weighted by Gasteiger charge is -2.28. The number of methoxy groups -OCH3 is 1. The number of ether oxygens (including phenoxy) is 1. The quantitative estimate of drug-likeness (QED) is 0.751. The molecule has 1 aliphatic carbocycles. The lowest BCUT2D eigenvalue weighted by Crippen LogP contribution is -2.29. The van der Waals surface area contributed by atoms with Crippen LogP contribution in [0.5, 0.6) is 0 Å². The number of rotatable bonds is 4. The second-order valence-corrected chi connectivity index (χ2v) is 7.08. The molecule has 0 spiro atoms. The van der Waals surface area contributed by atoms with Crippen molar-refractivity contribution < 1.29 is 4.74 Å². The van der Waals surface area contributed by atoms with Crippen LogP contribution in [0.2, 0.25) is 5.15 Å². The second-order valence-electron chi connectivity index (χ2n) is 5.63. The van der Waals surface area contributed by atoms with E-state index < -0.39 is 5.60 Å². The zero-order valence-electron chi connectivity index (χ0n) is 12.8. The standard InChI is InChI=1S/C16H21ClN2OS/c1-4-16(5-2,20-3)15-18-13(17)12-10-8-6-7-9-11(10)21-14(12)19-15/h4-9H2,1-3H3. The summed E-state index contributed by atoms with van der Waals surface area (Å²) in [6.45, 7) is 4.21. The summed E-state index contributed by atoms with van der Waals surface area (Å²) in [6.07, 6.45) is 6.44. The molecule has 1 aliphatic rings. The maximum atomic E-state index is 6.52. The average Bonchev–Trinajstić information content (AvgIpc) is 2.88. The Morgan fingerprint density at radius 3 is 2.57 bits per heavy atom. The summed E-state index contributed by atoms with van der Waals surface area (Å²) in [6, 6.07) is 0. The molecule has 2 aromatic rings. The van der Waals surface area contributed by atoms with Gasteiger partial charge in [-0.05, 0) is 44.1 Å². The molecule has 2 heterocycles. The van der Waals surface area contributed by atoms with Crippen molar-refractivity contribution >= 4 is 33.2 Å². The molecule has 3 nitrogen and oxygen atoms in total. The molecule has 21 heavy (non-hydrogen) atoms. The predicted molar refractivity (Wildman–Crippen MR) is 88.3 cm³/mol. The fraction of sp³-hybridized carbons (Fsp3) is 0.625. The van der Waals surface area contributed by atoms with Crippen LogP contribution in [-0.2, 0) is 23.2 Å². The van der Waals surface area contributed by atoms with Crippen LogP contribution in [0.1, 0.15) is 55.8 Å². The van der Waals surface area contributed by atoms with E-state index in [9.17, 15) is 0 Å². The van der Waals surface area contributed by atoms with Crippen LogP contribution in [0.3, 0.4) is 0 Å². The molecule has 0 bridgehead atoms. The van der Waals surface area contributed by atoms with Crippen LogP contribution in [0, 0.1) is 0 Å². The first kappa shape index (κ1) is 15.2. The van der Waals surface area contributed by atoms with Crippen LogP contribution in [0.25, 0.3) is 10.2 Å². The maximum absolute atomic E-state index is 6.52. The van der Waals surface area contributed by atoms with Gasteiger partial charge in [0.25, 0.3) is 0 Å². The molecular weight excluding hydrogens is 304 g/mol. The Labute approximate surface area is 134 Å². The highest BCUT2D eigenvalue weighted by Crippen LogP contribution is 2.40. The number of fused-ring (bicyclic) bond motifs is 3. The van der Waals surface area contributed by atoms with Gasteiger partial charge >= 0.3 is 0 Å². The Balaban J connectivity index is 2.20. The zero-order valence-corrected chi connectivity index (χ0v) is 14.4. The van der Waals surface area contributed by atoms with E-state index in [1.807, 2.05) is 0 Å². The van der Waals surface area contributed by atoms with Gasteiger partial charge in [-0.2, -0.15) is 0 Å². The van der Waals surface area contributed by atoms with Crippen molar-refractivity contribution in [1.82, 2.24) is 9.97 Å². The molecule has 2 aromatic heterocycles. The van der Waals surface area contributed by atoms with Crippen molar-refractivity contribution in [2.75, 3.05) is 7.11 Å². The number of thiophene rings is 1. The third-order valence-corrected chi connectivity index (χ3v) is 6.17. The smallest absolute Gasteiger partial charge is 0.163 e. The number of nitrogens with zero attached hydrogens (tertiary/aromatic N) is 2. The van der Waals surface area contributed by atoms with Crippen LogP contribution in [0.4, 0.5) is 0 Å². The lowest BCUT2D eigenvalue weighted by molar-refractivity contribution is -0.0288. The van der Waals surface area contributed by atoms with E-state index in [1.54, 1.807) is 18.4 Å². The van der Waals surface area contributed by atoms with Crippen LogP contribution in [-0.4, -0.2) is 17.1 Å². The number of hydrogen-bond acceptors (Lipinski definition) is 4. The van der Waals surface area contributed by atoms with Gasteiger partial charge in [0, 0.05) is 12.0 Å². The zero-order chi connectivity index (χ0) is 15.0. The maximum Gasteiger partial charge on any atom is 0.163 e. The third kappa shape index (κ3) is 2.37. The van der Waals surface area contributed by atoms with Gasteiger partial charge in [-0.3, -0.25) is 0 Å². The molecule has 3 rings (SSSR count). The van der Waals surface area contributed by atoms with Crippen LogP contribution in [0.15, 0.2) is 0 Å². The number of aryl methyl sites for hydroxylation is 2. The predicted octanol–water partition coefficient (Wildman–Crippen LogP) is 4.89. The highest BCUT2D eigenvalue weighted by Gasteiger charge is 2.33. The van der Waals surface area contributed by atoms with Crippen molar-refractivity contribution in [1.29, 1.82) is 0 Å². The minimum absolute atomic E-state index is 0.428. The molecule has 0 radical (unpaired) electrons. The topological polar surface area (TPSA) is 35.0 Å². The first-order valence-electron chi connectivity index (χ1n) is 7.68. The minimum atomic E-state index is -0.428. The van der Waals surface area contributed by atoms with Gasteiger partial charge in [0.15, 0.2) is 5.82 Å². The molecule has 0 saturated heterocycles. The van der Waals surface area contributed by atoms with Gasteiger partial charge in [0.2, 0.25) is 0 Å². The van der Waals surface area contributed by atoms with Crippen LogP contribution < -0.4 is 0 Å². The fourth-order valence-corrected chi connectivity index (χ4v) is 4.86. The van der Waals surface area contributed by atoms with E-state index in [4.69, 9.17) is 21.3 Å². The fourth-order valence-electron chi connectivity index (χ4n) is 3.26. The Bertz CT molecular complexity index is 656. The van der Waals surface area contributed by atoms with Gasteiger partial charge in [0.1, 0.15) is 15.6 Å². The Morgan fingerprint density at radius 1 is 1.19 bits per heavy atom. The van der Waals surface area contributed by atoms with Gasteiger partial charge in [-0.1, -0.05) is 25.4 Å². The number of aromatic nitrogens is 2. The van der Waals surface area contributed by atoms with Crippen molar-refractivity contribution in [2.24, 2.45) is 0 Å². The first-order chi connectivity index (χ1) is 10.1. The van der Waals surface area contributed by atoms with E-state index in [0.717, 1.165) is 41.7 Å². The second kappa shape index (κ2) is 5.82. The Morgan fingerprint density at radius 2 is 1.90 bits per heavy atom. The lowest BCUT2D eigenvalue weighted by atomic mass is 9.95. The highest BCUT2D eigenvalue weighted by atomic mass is 35.5. The van der Waals surface area contributed by atoms with E-state index in [0.29, 0.717) is 5.15 Å². The van der Waals surface area contributed by atoms with E-state index in [2.05, 4.69) is 18.8 Å². The molecule has 0 N–H and O–H groups in total. The first-order valence-corrected chi connectivity index (χ1v) is 8.88. The normalized spacial score (nSPS) is 15.4. The summed E-state index contributed by atoms with van der Waals surface area (Å²) in [5.74, 6) is 0.728. The van der Waals surface area contributed by atoms with Crippen molar-refractivity contribution in [3.05, 3.63) is 21.4 Å². The molecular formula is C16H21ClN2OS. The molecule has 0 saturated carbocycles. The molecule has 0 fully saturated rings. The molecule has 114 valence electrons. The number of halogens is 1. The van der Waals surface area contributed by atoms with E-state index in [1.165, 1.54) is 23.3 Å². The molecule has 0 unspecified atom stereocenters. The Kier molecular flexibility index (Phi) is 4.21. The summed E-state index contributed by atoms with van der Waals surface area (Å²) < 4.78 is 5.75. The summed E-state index contributed by atoms with van der Waals surface area (Å²) in [5.41, 5.74) is 0.955. The van der Waals surface area contributed by atoms with Gasteiger partial charge in [-0.25, -0.2) is 9.97 Å². The monoisotopic (exact) mass is 324 g/mol. The van der Waals surface area contributed by atoms with Crippen LogP contribution >= 0.6 is 22.9 Å². The SMILES string of the molecule is CCC(CC)(OC)c1nc(Cl)c2c3c(sc2n1)CCCC3. The summed E-state index contributed by atoms with van der Waals surface area (Å²) >= 11 is 8.30. The highest BCUT2D eigenvalue weighted by molar-refractivity contribution is 7.19. The van der Waals surface area contributed by atoms with Crippen molar-refractivity contribution in [3.63, 3.8) is 0 Å². The van der Waals surface area contributed by atoms with Crippen molar-refractivity contribution in [3.8, 4) is 0 Å². The van der Waals surface area contributed by atoms with Crippen molar-refractivity contribution in [2.45, 2.75) is 58.0 Å². The molecule has 0 aliphatic heterocycles. The average molecular weight is 325 g/mol. The van der Waals surface area contributed by atoms with Gasteiger partial charge in [-0.15, -0.1) is 11.3 Å². The van der Waals surface area contributed by atoms with Gasteiger partial charge in [0.05, 0.1) is 5.39 Å². The Hall–Kier alpha value is -0.710. The molecule has 5 heteroatoms. The summed E-state index contributed by atoms with van der Waals surface area (Å²) in [7, 11) is 1.73.